The molecule has 0 aliphatic rings. The molecule has 2 heteroatoms. The van der Waals surface area contributed by atoms with Crippen LogP contribution in [0.5, 0.6) is 0 Å². The van der Waals surface area contributed by atoms with Crippen molar-refractivity contribution in [1.82, 2.24) is 0 Å². The molecule has 0 radical (unpaired) electrons. The van der Waals surface area contributed by atoms with E-state index in [0.717, 1.165) is 18.7 Å². The van der Waals surface area contributed by atoms with Crippen molar-refractivity contribution in [3.8, 4) is 0 Å². The first-order valence-corrected chi connectivity index (χ1v) is 6.80. The van der Waals surface area contributed by atoms with Crippen LogP contribution in [0.1, 0.15) is 36.5 Å². The fourth-order valence-electron chi connectivity index (χ4n) is 2.06. The van der Waals surface area contributed by atoms with Gasteiger partial charge in [0.25, 0.3) is 0 Å². The van der Waals surface area contributed by atoms with Crippen molar-refractivity contribution < 1.29 is 9.71 Å². The van der Waals surface area contributed by atoms with E-state index >= 15 is 0 Å². The molecule has 100 valence electrons. The maximum atomic E-state index is 12.8. The van der Waals surface area contributed by atoms with Crippen LogP contribution in [0.4, 0.5) is 4.39 Å². The van der Waals surface area contributed by atoms with Crippen molar-refractivity contribution in [2.24, 2.45) is 0 Å². The molecule has 0 unspecified atom stereocenters. The smallest absolute Gasteiger partial charge is 0.123 e. The highest BCUT2D eigenvalue weighted by Crippen LogP contribution is 2.14. The largest absolute Gasteiger partial charge is 0.339 e. The number of quaternary nitrogens is 1. The van der Waals surface area contributed by atoms with Crippen molar-refractivity contribution >= 4 is 0 Å². The van der Waals surface area contributed by atoms with E-state index in [0.29, 0.717) is 5.92 Å². The summed E-state index contributed by atoms with van der Waals surface area (Å²) >= 11 is 0. The molecule has 2 rings (SSSR count). The number of hydrogen-bond donors (Lipinski definition) is 1. The van der Waals surface area contributed by atoms with Crippen LogP contribution in [-0.2, 0) is 13.1 Å². The fraction of sp³-hybridized carbons (Fsp3) is 0.294. The predicted molar refractivity (Wildman–Crippen MR) is 76.3 cm³/mol. The number of halogens is 1. The molecule has 0 amide bonds. The normalized spacial score (nSPS) is 10.9. The summed E-state index contributed by atoms with van der Waals surface area (Å²) in [5.41, 5.74) is 3.86. The topological polar surface area (TPSA) is 16.6 Å². The molecule has 0 spiro atoms. The monoisotopic (exact) mass is 258 g/mol. The van der Waals surface area contributed by atoms with Gasteiger partial charge in [0.15, 0.2) is 0 Å². The summed E-state index contributed by atoms with van der Waals surface area (Å²) in [7, 11) is 0. The van der Waals surface area contributed by atoms with E-state index in [1.54, 1.807) is 0 Å². The van der Waals surface area contributed by atoms with Gasteiger partial charge >= 0.3 is 0 Å². The van der Waals surface area contributed by atoms with Gasteiger partial charge < -0.3 is 5.32 Å². The van der Waals surface area contributed by atoms with E-state index in [1.807, 2.05) is 12.1 Å². The third-order valence-corrected chi connectivity index (χ3v) is 3.32. The summed E-state index contributed by atoms with van der Waals surface area (Å²) in [6, 6.07) is 15.5. The van der Waals surface area contributed by atoms with Crippen molar-refractivity contribution in [2.45, 2.75) is 32.9 Å². The number of hydrogen-bond acceptors (Lipinski definition) is 0. The molecule has 2 aromatic carbocycles. The number of rotatable bonds is 5. The van der Waals surface area contributed by atoms with Crippen LogP contribution in [-0.4, -0.2) is 0 Å². The van der Waals surface area contributed by atoms with Crippen LogP contribution >= 0.6 is 0 Å². The van der Waals surface area contributed by atoms with E-state index in [9.17, 15) is 4.39 Å². The van der Waals surface area contributed by atoms with Gasteiger partial charge in [0.2, 0.25) is 0 Å². The van der Waals surface area contributed by atoms with Gasteiger partial charge in [0.1, 0.15) is 18.9 Å². The van der Waals surface area contributed by atoms with Gasteiger partial charge in [0, 0.05) is 11.1 Å². The minimum absolute atomic E-state index is 0.173. The standard InChI is InChI=1S/C17H20FN/c1-13(2)16-7-3-14(4-8-16)11-19-12-15-5-9-17(18)10-6-15/h3-10,13,19H,11-12H2,1-2H3/p+1. The Bertz CT molecular complexity index is 500. The van der Waals surface area contributed by atoms with Crippen molar-refractivity contribution in [3.05, 3.63) is 71.0 Å². The molecule has 2 N–H and O–H groups in total. The van der Waals surface area contributed by atoms with Gasteiger partial charge in [-0.1, -0.05) is 50.2 Å². The van der Waals surface area contributed by atoms with Crippen LogP contribution in [0.2, 0.25) is 0 Å². The first kappa shape index (κ1) is 13.8. The molecule has 0 aliphatic carbocycles. The highest BCUT2D eigenvalue weighted by molar-refractivity contribution is 5.24. The quantitative estimate of drug-likeness (QED) is 0.848. The Kier molecular flexibility index (Phi) is 4.69. The zero-order chi connectivity index (χ0) is 13.7. The van der Waals surface area contributed by atoms with Crippen LogP contribution in [0, 0.1) is 5.82 Å². The van der Waals surface area contributed by atoms with Gasteiger partial charge in [-0.3, -0.25) is 0 Å². The Morgan fingerprint density at radius 2 is 1.32 bits per heavy atom. The molecule has 0 fully saturated rings. The molecule has 19 heavy (non-hydrogen) atoms. The third-order valence-electron chi connectivity index (χ3n) is 3.32. The highest BCUT2D eigenvalue weighted by Gasteiger charge is 2.01. The van der Waals surface area contributed by atoms with E-state index in [-0.39, 0.29) is 5.82 Å². The lowest BCUT2D eigenvalue weighted by Crippen LogP contribution is -2.80. The highest BCUT2D eigenvalue weighted by atomic mass is 19.1. The van der Waals surface area contributed by atoms with E-state index in [4.69, 9.17) is 0 Å². The zero-order valence-electron chi connectivity index (χ0n) is 11.6. The average Bonchev–Trinajstić information content (AvgIpc) is 2.41. The van der Waals surface area contributed by atoms with Crippen molar-refractivity contribution in [1.29, 1.82) is 0 Å². The lowest BCUT2D eigenvalue weighted by molar-refractivity contribution is -0.686. The minimum Gasteiger partial charge on any atom is -0.339 e. The van der Waals surface area contributed by atoms with E-state index in [2.05, 4.69) is 43.4 Å². The summed E-state index contributed by atoms with van der Waals surface area (Å²) in [6.45, 7) is 6.24. The van der Waals surface area contributed by atoms with Crippen LogP contribution in [0.15, 0.2) is 48.5 Å². The summed E-state index contributed by atoms with van der Waals surface area (Å²) in [4.78, 5) is 0. The molecule has 0 saturated carbocycles. The molecular formula is C17H21FN+. The van der Waals surface area contributed by atoms with Crippen LogP contribution < -0.4 is 5.32 Å². The number of benzene rings is 2. The van der Waals surface area contributed by atoms with Crippen LogP contribution in [0.25, 0.3) is 0 Å². The van der Waals surface area contributed by atoms with Gasteiger partial charge in [-0.2, -0.15) is 0 Å². The first-order chi connectivity index (χ1) is 9.15. The first-order valence-electron chi connectivity index (χ1n) is 6.80. The average molecular weight is 258 g/mol. The second kappa shape index (κ2) is 6.48. The van der Waals surface area contributed by atoms with Gasteiger partial charge in [-0.05, 0) is 23.6 Å². The van der Waals surface area contributed by atoms with Gasteiger partial charge in [0.05, 0.1) is 0 Å². The molecular weight excluding hydrogens is 237 g/mol. The molecule has 0 heterocycles. The molecule has 1 nitrogen and oxygen atoms in total. The fourth-order valence-corrected chi connectivity index (χ4v) is 2.06. The molecule has 0 atom stereocenters. The Morgan fingerprint density at radius 3 is 1.79 bits per heavy atom. The van der Waals surface area contributed by atoms with E-state index < -0.39 is 0 Å². The van der Waals surface area contributed by atoms with Gasteiger partial charge in [-0.15, -0.1) is 0 Å². The lowest BCUT2D eigenvalue weighted by atomic mass is 10.0. The molecule has 0 bridgehead atoms. The Morgan fingerprint density at radius 1 is 0.842 bits per heavy atom. The van der Waals surface area contributed by atoms with Crippen LogP contribution in [0.3, 0.4) is 0 Å². The Balaban J connectivity index is 1.83. The molecule has 0 saturated heterocycles. The zero-order valence-corrected chi connectivity index (χ0v) is 11.6. The van der Waals surface area contributed by atoms with Crippen molar-refractivity contribution in [3.63, 3.8) is 0 Å². The summed E-state index contributed by atoms with van der Waals surface area (Å²) in [6.07, 6.45) is 0. The summed E-state index contributed by atoms with van der Waals surface area (Å²) < 4.78 is 12.8. The third kappa shape index (κ3) is 4.18. The Hall–Kier alpha value is -1.67. The molecule has 2 aromatic rings. The maximum Gasteiger partial charge on any atom is 0.123 e. The van der Waals surface area contributed by atoms with Crippen molar-refractivity contribution in [2.75, 3.05) is 0 Å². The summed E-state index contributed by atoms with van der Waals surface area (Å²) in [5.74, 6) is 0.408. The molecule has 0 aliphatic heterocycles. The summed E-state index contributed by atoms with van der Waals surface area (Å²) in [5, 5.41) is 2.23. The molecule has 0 aromatic heterocycles. The predicted octanol–water partition coefficient (Wildman–Crippen LogP) is 3.21. The minimum atomic E-state index is -0.173. The second-order valence-electron chi connectivity index (χ2n) is 5.22. The van der Waals surface area contributed by atoms with E-state index in [1.165, 1.54) is 23.3 Å². The number of nitrogens with two attached hydrogens (primary N) is 1. The SMILES string of the molecule is CC(C)c1ccc(C[NH2+]Cc2ccc(F)cc2)cc1. The maximum absolute atomic E-state index is 12.8. The lowest BCUT2D eigenvalue weighted by Gasteiger charge is -2.06. The Labute approximate surface area is 114 Å². The second-order valence-corrected chi connectivity index (χ2v) is 5.22. The van der Waals surface area contributed by atoms with Gasteiger partial charge in [-0.25, -0.2) is 4.39 Å².